The maximum atomic E-state index is 12.8. The number of rotatable bonds is 3. The highest BCUT2D eigenvalue weighted by Crippen LogP contribution is 2.20. The van der Waals surface area contributed by atoms with Crippen molar-refractivity contribution in [3.63, 3.8) is 0 Å². The lowest BCUT2D eigenvalue weighted by atomic mass is 10.1. The molecule has 0 aliphatic heterocycles. The first kappa shape index (κ1) is 14.5. The molecule has 2 aromatic carbocycles. The summed E-state index contributed by atoms with van der Waals surface area (Å²) in [4.78, 5) is 30.3. The van der Waals surface area contributed by atoms with E-state index in [-0.39, 0.29) is 11.7 Å². The van der Waals surface area contributed by atoms with Crippen molar-refractivity contribution in [2.24, 2.45) is 0 Å². The summed E-state index contributed by atoms with van der Waals surface area (Å²) in [6.45, 7) is 0. The van der Waals surface area contributed by atoms with Crippen molar-refractivity contribution in [3.05, 3.63) is 78.2 Å². The molecule has 0 atom stereocenters. The van der Waals surface area contributed by atoms with Crippen molar-refractivity contribution in [1.82, 2.24) is 4.98 Å². The molecule has 6 heteroatoms. The normalized spacial score (nSPS) is 10.3. The summed E-state index contributed by atoms with van der Waals surface area (Å²) in [6.07, 6.45) is 1.13. The van der Waals surface area contributed by atoms with Gasteiger partial charge in [-0.25, -0.2) is 4.90 Å². The molecule has 2 N–H and O–H groups in total. The van der Waals surface area contributed by atoms with E-state index in [0.717, 1.165) is 11.2 Å². The van der Waals surface area contributed by atoms with E-state index in [9.17, 15) is 9.59 Å². The molecule has 0 aliphatic rings. The smallest absolute Gasteiger partial charge is 0.292 e. The zero-order chi connectivity index (χ0) is 16.2. The van der Waals surface area contributed by atoms with Crippen molar-refractivity contribution in [2.45, 2.75) is 0 Å². The van der Waals surface area contributed by atoms with Crippen LogP contribution in [0.1, 0.15) is 20.8 Å². The predicted molar refractivity (Wildman–Crippen MR) is 84.9 cm³/mol. The lowest BCUT2D eigenvalue weighted by molar-refractivity contribution is 0.0895. The summed E-state index contributed by atoms with van der Waals surface area (Å²) in [5, 5.41) is 0. The van der Waals surface area contributed by atoms with Gasteiger partial charge in [0.15, 0.2) is 5.69 Å². The first-order valence-electron chi connectivity index (χ1n) is 6.86. The van der Waals surface area contributed by atoms with Crippen LogP contribution in [0, 0.1) is 0 Å². The third-order valence-corrected chi connectivity index (χ3v) is 3.18. The first-order chi connectivity index (χ1) is 11.2. The van der Waals surface area contributed by atoms with Gasteiger partial charge in [-0.2, -0.15) is 4.98 Å². The van der Waals surface area contributed by atoms with Crippen LogP contribution in [0.3, 0.4) is 0 Å². The Morgan fingerprint density at radius 1 is 0.913 bits per heavy atom. The van der Waals surface area contributed by atoms with Gasteiger partial charge in [0.25, 0.3) is 17.8 Å². The fourth-order valence-corrected chi connectivity index (χ4v) is 2.11. The van der Waals surface area contributed by atoms with Gasteiger partial charge in [-0.3, -0.25) is 9.59 Å². The number of amides is 2. The summed E-state index contributed by atoms with van der Waals surface area (Å²) in [5.41, 5.74) is 6.21. The SMILES string of the molecule is Nc1nc(C(=O)N(C(=O)c2ccccc2)c2ccccc2)co1. The van der Waals surface area contributed by atoms with Crippen molar-refractivity contribution in [3.8, 4) is 0 Å². The molecule has 0 bridgehead atoms. The van der Waals surface area contributed by atoms with E-state index in [1.807, 2.05) is 0 Å². The fraction of sp³-hybridized carbons (Fsp3) is 0. The number of para-hydroxylation sites is 1. The molecule has 0 spiro atoms. The van der Waals surface area contributed by atoms with Crippen molar-refractivity contribution < 1.29 is 14.0 Å². The monoisotopic (exact) mass is 307 g/mol. The van der Waals surface area contributed by atoms with Crippen LogP contribution >= 0.6 is 0 Å². The largest absolute Gasteiger partial charge is 0.431 e. The maximum Gasteiger partial charge on any atom is 0.292 e. The average Bonchev–Trinajstić information content (AvgIpc) is 3.03. The topological polar surface area (TPSA) is 89.4 Å². The summed E-state index contributed by atoms with van der Waals surface area (Å²) in [6, 6.07) is 17.0. The van der Waals surface area contributed by atoms with Gasteiger partial charge in [-0.15, -0.1) is 0 Å². The van der Waals surface area contributed by atoms with Crippen LogP contribution in [0.25, 0.3) is 0 Å². The number of hydrogen-bond acceptors (Lipinski definition) is 5. The summed E-state index contributed by atoms with van der Waals surface area (Å²) >= 11 is 0. The molecule has 3 rings (SSSR count). The minimum atomic E-state index is -0.606. The van der Waals surface area contributed by atoms with Crippen LogP contribution in [0.2, 0.25) is 0 Å². The standard InChI is InChI=1S/C17H13N3O3/c18-17-19-14(11-23-17)16(22)20(13-9-5-2-6-10-13)15(21)12-7-3-1-4-8-12/h1-11H,(H2,18,19). The predicted octanol–water partition coefficient (Wildman–Crippen LogP) is 2.74. The van der Waals surface area contributed by atoms with Gasteiger partial charge in [-0.05, 0) is 24.3 Å². The zero-order valence-corrected chi connectivity index (χ0v) is 12.0. The minimum absolute atomic E-state index is 0.0318. The molecule has 0 fully saturated rings. The van der Waals surface area contributed by atoms with Crippen LogP contribution < -0.4 is 10.6 Å². The Morgan fingerprint density at radius 3 is 2.09 bits per heavy atom. The molecule has 0 saturated carbocycles. The third-order valence-electron chi connectivity index (χ3n) is 3.18. The molecule has 0 radical (unpaired) electrons. The molecular weight excluding hydrogens is 294 g/mol. The number of nitrogens with zero attached hydrogens (tertiary/aromatic N) is 2. The van der Waals surface area contributed by atoms with Crippen molar-refractivity contribution in [2.75, 3.05) is 10.6 Å². The van der Waals surface area contributed by atoms with Crippen LogP contribution in [0.5, 0.6) is 0 Å². The molecule has 1 heterocycles. The maximum absolute atomic E-state index is 12.8. The average molecular weight is 307 g/mol. The Hall–Kier alpha value is -3.41. The minimum Gasteiger partial charge on any atom is -0.431 e. The molecule has 2 amide bonds. The highest BCUT2D eigenvalue weighted by molar-refractivity contribution is 6.25. The third kappa shape index (κ3) is 2.96. The van der Waals surface area contributed by atoms with Gasteiger partial charge in [-0.1, -0.05) is 36.4 Å². The Balaban J connectivity index is 2.04. The van der Waals surface area contributed by atoms with Crippen LogP contribution in [0.4, 0.5) is 11.7 Å². The van der Waals surface area contributed by atoms with Gasteiger partial charge >= 0.3 is 0 Å². The zero-order valence-electron chi connectivity index (χ0n) is 12.0. The molecule has 0 saturated heterocycles. The fourth-order valence-electron chi connectivity index (χ4n) is 2.11. The van der Waals surface area contributed by atoms with Gasteiger partial charge < -0.3 is 10.2 Å². The second-order valence-electron chi connectivity index (χ2n) is 4.72. The molecule has 114 valence electrons. The summed E-state index contributed by atoms with van der Waals surface area (Å²) in [5.74, 6) is -1.06. The number of anilines is 2. The Morgan fingerprint density at radius 2 is 1.52 bits per heavy atom. The molecule has 1 aromatic heterocycles. The van der Waals surface area contributed by atoms with Crippen LogP contribution in [-0.4, -0.2) is 16.8 Å². The quantitative estimate of drug-likeness (QED) is 0.751. The number of hydrogen-bond donors (Lipinski definition) is 1. The number of oxazole rings is 1. The second-order valence-corrected chi connectivity index (χ2v) is 4.72. The number of benzene rings is 2. The number of nitrogens with two attached hydrogens (primary N) is 1. The van der Waals surface area contributed by atoms with E-state index in [0.29, 0.717) is 11.3 Å². The van der Waals surface area contributed by atoms with Crippen LogP contribution in [0.15, 0.2) is 71.3 Å². The second kappa shape index (κ2) is 6.15. The lowest BCUT2D eigenvalue weighted by Crippen LogP contribution is -2.37. The number of aromatic nitrogens is 1. The molecule has 23 heavy (non-hydrogen) atoms. The van der Waals surface area contributed by atoms with Gasteiger partial charge in [0.05, 0.1) is 5.69 Å². The van der Waals surface area contributed by atoms with Gasteiger partial charge in [0.1, 0.15) is 6.26 Å². The number of carbonyl (C=O) groups excluding carboxylic acids is 2. The first-order valence-corrected chi connectivity index (χ1v) is 6.86. The number of carbonyl (C=O) groups is 2. The Kier molecular flexibility index (Phi) is 3.88. The summed E-state index contributed by atoms with van der Waals surface area (Å²) in [7, 11) is 0. The van der Waals surface area contributed by atoms with E-state index in [2.05, 4.69) is 4.98 Å². The highest BCUT2D eigenvalue weighted by Gasteiger charge is 2.27. The number of imide groups is 1. The molecule has 0 aliphatic carbocycles. The van der Waals surface area contributed by atoms with Crippen molar-refractivity contribution >= 4 is 23.5 Å². The van der Waals surface area contributed by atoms with Crippen LogP contribution in [-0.2, 0) is 0 Å². The lowest BCUT2D eigenvalue weighted by Gasteiger charge is -2.19. The van der Waals surface area contributed by atoms with E-state index >= 15 is 0 Å². The van der Waals surface area contributed by atoms with E-state index in [1.54, 1.807) is 60.7 Å². The van der Waals surface area contributed by atoms with E-state index in [4.69, 9.17) is 10.2 Å². The molecule has 0 unspecified atom stereocenters. The van der Waals surface area contributed by atoms with Gasteiger partial charge in [0.2, 0.25) is 0 Å². The highest BCUT2D eigenvalue weighted by atomic mass is 16.4. The Labute approximate surface area is 132 Å². The van der Waals surface area contributed by atoms with E-state index in [1.165, 1.54) is 0 Å². The van der Waals surface area contributed by atoms with Gasteiger partial charge in [0, 0.05) is 5.56 Å². The molecule has 6 nitrogen and oxygen atoms in total. The van der Waals surface area contributed by atoms with E-state index < -0.39 is 11.8 Å². The summed E-state index contributed by atoms with van der Waals surface area (Å²) < 4.78 is 4.86. The molecular formula is C17H13N3O3. The number of nitrogen functional groups attached to an aromatic ring is 1. The van der Waals surface area contributed by atoms with Crippen molar-refractivity contribution in [1.29, 1.82) is 0 Å². The molecule has 3 aromatic rings. The Bertz CT molecular complexity index is 829.